The van der Waals surface area contributed by atoms with Crippen LogP contribution in [0.25, 0.3) is 0 Å². The molecule has 0 fully saturated rings. The molecular weight excluding hydrogens is 326 g/mol. The smallest absolute Gasteiger partial charge is 0.340 e. The van der Waals surface area contributed by atoms with Crippen molar-refractivity contribution < 1.29 is 14.3 Å². The maximum absolute atomic E-state index is 12.1. The van der Waals surface area contributed by atoms with Crippen molar-refractivity contribution in [2.24, 2.45) is 10.9 Å². The van der Waals surface area contributed by atoms with E-state index in [1.807, 2.05) is 20.8 Å². The Morgan fingerprint density at radius 3 is 2.79 bits per heavy atom. The maximum atomic E-state index is 12.1. The van der Waals surface area contributed by atoms with E-state index >= 15 is 0 Å². The van der Waals surface area contributed by atoms with Gasteiger partial charge in [0.1, 0.15) is 28.6 Å². The number of hydrogen-bond donors (Lipinski definition) is 1. The number of thiocarbonyl (C=S) groups is 1. The van der Waals surface area contributed by atoms with Crippen molar-refractivity contribution in [1.29, 1.82) is 0 Å². The van der Waals surface area contributed by atoms with E-state index < -0.39 is 11.5 Å². The number of amidine groups is 1. The third kappa shape index (κ3) is 3.31. The van der Waals surface area contributed by atoms with Crippen molar-refractivity contribution in [3.05, 3.63) is 36.2 Å². The molecule has 1 atom stereocenters. The van der Waals surface area contributed by atoms with E-state index in [0.717, 1.165) is 0 Å². The van der Waals surface area contributed by atoms with E-state index in [-0.39, 0.29) is 11.5 Å². The summed E-state index contributed by atoms with van der Waals surface area (Å²) in [5, 5.41) is 3.08. The molecule has 7 heteroatoms. The predicted molar refractivity (Wildman–Crippen MR) is 96.8 cm³/mol. The van der Waals surface area contributed by atoms with E-state index in [2.05, 4.69) is 21.9 Å². The fraction of sp³-hybridized carbons (Fsp3) is 0.412. The Hall–Kier alpha value is -2.28. The van der Waals surface area contributed by atoms with Crippen molar-refractivity contribution in [2.45, 2.75) is 26.3 Å². The second-order valence-corrected chi connectivity index (χ2v) is 6.28. The molecule has 0 saturated carbocycles. The van der Waals surface area contributed by atoms with E-state index in [9.17, 15) is 4.79 Å². The Balaban J connectivity index is 2.48. The van der Waals surface area contributed by atoms with E-state index in [4.69, 9.17) is 21.7 Å². The van der Waals surface area contributed by atoms with Crippen LogP contribution in [0.4, 0.5) is 0 Å². The Kier molecular flexibility index (Phi) is 5.33. The third-order valence-corrected chi connectivity index (χ3v) is 4.54. The van der Waals surface area contributed by atoms with Crippen molar-refractivity contribution in [2.75, 3.05) is 13.7 Å². The van der Waals surface area contributed by atoms with Crippen molar-refractivity contribution in [1.82, 2.24) is 10.3 Å². The van der Waals surface area contributed by atoms with Crippen LogP contribution in [0.15, 0.2) is 29.9 Å². The fourth-order valence-corrected chi connectivity index (χ4v) is 2.56. The lowest BCUT2D eigenvalue weighted by Gasteiger charge is -2.24. The molecule has 1 unspecified atom stereocenters. The van der Waals surface area contributed by atoms with Gasteiger partial charge < -0.3 is 14.8 Å². The lowest BCUT2D eigenvalue weighted by Crippen LogP contribution is -2.40. The fourth-order valence-electron chi connectivity index (χ4n) is 2.18. The summed E-state index contributed by atoms with van der Waals surface area (Å²) in [4.78, 5) is 21.8. The topological polar surface area (TPSA) is 72.8 Å². The van der Waals surface area contributed by atoms with Crippen LogP contribution in [0.2, 0.25) is 0 Å². The van der Waals surface area contributed by atoms with Crippen LogP contribution in [-0.2, 0) is 4.74 Å². The van der Waals surface area contributed by atoms with E-state index in [0.29, 0.717) is 28.9 Å². The highest BCUT2D eigenvalue weighted by molar-refractivity contribution is 7.80. The highest BCUT2D eigenvalue weighted by atomic mass is 32.1. The summed E-state index contributed by atoms with van der Waals surface area (Å²) in [6.45, 7) is 9.95. The second-order valence-electron chi connectivity index (χ2n) is 5.88. The van der Waals surface area contributed by atoms with Gasteiger partial charge in [-0.15, -0.1) is 0 Å². The standard InChI is InChI=1S/C17H21N3O3S/c1-6-7-23-11-8-12(15(21)22-5)13(18-9-11)14-19-16(24)17(4,20-14)10(2)3/h6,8-10H,1,7H2,2-5H3,(H,19,20,24). The zero-order chi connectivity index (χ0) is 17.9. The van der Waals surface area contributed by atoms with Crippen LogP contribution in [0, 0.1) is 5.92 Å². The number of carbonyl (C=O) groups excluding carboxylic acids is 1. The quantitative estimate of drug-likeness (QED) is 0.484. The summed E-state index contributed by atoms with van der Waals surface area (Å²) in [5.41, 5.74) is 0.123. The Morgan fingerprint density at radius 2 is 2.25 bits per heavy atom. The summed E-state index contributed by atoms with van der Waals surface area (Å²) >= 11 is 5.42. The van der Waals surface area contributed by atoms with Crippen molar-refractivity contribution in [3.63, 3.8) is 0 Å². The molecular formula is C17H21N3O3S. The Morgan fingerprint density at radius 1 is 1.54 bits per heavy atom. The molecule has 0 radical (unpaired) electrons. The number of pyridine rings is 1. The number of carbonyl (C=O) groups is 1. The number of methoxy groups -OCH3 is 1. The number of aliphatic imine (C=N–C) groups is 1. The molecule has 128 valence electrons. The SMILES string of the molecule is C=CCOc1cnc(C2=NC(C)(C(C)C)C(=S)N2)c(C(=O)OC)c1. The lowest BCUT2D eigenvalue weighted by molar-refractivity contribution is 0.0599. The molecule has 0 spiro atoms. The molecule has 2 heterocycles. The number of nitrogens with one attached hydrogen (secondary N) is 1. The van der Waals surface area contributed by atoms with Gasteiger partial charge in [0, 0.05) is 0 Å². The number of ether oxygens (including phenoxy) is 2. The van der Waals surface area contributed by atoms with Crippen LogP contribution < -0.4 is 10.1 Å². The largest absolute Gasteiger partial charge is 0.488 e. The first-order chi connectivity index (χ1) is 11.3. The van der Waals surface area contributed by atoms with Gasteiger partial charge in [0.25, 0.3) is 0 Å². The maximum Gasteiger partial charge on any atom is 0.340 e. The molecule has 2 rings (SSSR count). The summed E-state index contributed by atoms with van der Waals surface area (Å²) in [5.74, 6) is 0.598. The molecule has 0 amide bonds. The molecule has 1 aromatic heterocycles. The molecule has 24 heavy (non-hydrogen) atoms. The van der Waals surface area contributed by atoms with Gasteiger partial charge in [-0.1, -0.05) is 38.7 Å². The van der Waals surface area contributed by atoms with Gasteiger partial charge in [0.2, 0.25) is 0 Å². The number of esters is 1. The zero-order valence-corrected chi connectivity index (χ0v) is 15.1. The molecule has 1 N–H and O–H groups in total. The van der Waals surface area contributed by atoms with Gasteiger partial charge in [-0.25, -0.2) is 9.78 Å². The number of nitrogens with zero attached hydrogens (tertiary/aromatic N) is 2. The molecule has 0 saturated heterocycles. The van der Waals surface area contributed by atoms with Gasteiger partial charge in [-0.05, 0) is 18.9 Å². The minimum absolute atomic E-state index is 0.201. The predicted octanol–water partition coefficient (Wildman–Crippen LogP) is 2.52. The number of rotatable bonds is 6. The molecule has 1 aliphatic heterocycles. The molecule has 1 aliphatic rings. The monoisotopic (exact) mass is 347 g/mol. The molecule has 6 nitrogen and oxygen atoms in total. The average molecular weight is 347 g/mol. The number of hydrogen-bond acceptors (Lipinski definition) is 6. The second kappa shape index (κ2) is 7.09. The first-order valence-corrected chi connectivity index (χ1v) is 7.98. The normalized spacial score (nSPS) is 19.7. The molecule has 0 bridgehead atoms. The van der Waals surface area contributed by atoms with Crippen LogP contribution in [0.1, 0.15) is 36.8 Å². The van der Waals surface area contributed by atoms with E-state index in [1.165, 1.54) is 13.3 Å². The van der Waals surface area contributed by atoms with Crippen molar-refractivity contribution in [3.8, 4) is 5.75 Å². The Bertz CT molecular complexity index is 715. The summed E-state index contributed by atoms with van der Waals surface area (Å²) in [7, 11) is 1.32. The summed E-state index contributed by atoms with van der Waals surface area (Å²) in [6.07, 6.45) is 3.14. The molecule has 0 aromatic carbocycles. The highest BCUT2D eigenvalue weighted by Gasteiger charge is 2.40. The Labute approximate surface area is 147 Å². The van der Waals surface area contributed by atoms with Gasteiger partial charge >= 0.3 is 5.97 Å². The van der Waals surface area contributed by atoms with Crippen LogP contribution >= 0.6 is 12.2 Å². The third-order valence-electron chi connectivity index (χ3n) is 4.02. The first-order valence-electron chi connectivity index (χ1n) is 7.57. The highest BCUT2D eigenvalue weighted by Crippen LogP contribution is 2.29. The van der Waals surface area contributed by atoms with Crippen molar-refractivity contribution >= 4 is 29.0 Å². The minimum atomic E-state index is -0.530. The van der Waals surface area contributed by atoms with Gasteiger partial charge in [-0.2, -0.15) is 0 Å². The zero-order valence-electron chi connectivity index (χ0n) is 14.3. The average Bonchev–Trinajstić information content (AvgIpc) is 2.88. The van der Waals surface area contributed by atoms with E-state index in [1.54, 1.807) is 12.1 Å². The van der Waals surface area contributed by atoms with Gasteiger partial charge in [0.05, 0.1) is 18.9 Å². The molecule has 0 aliphatic carbocycles. The van der Waals surface area contributed by atoms with Crippen LogP contribution in [0.5, 0.6) is 5.75 Å². The minimum Gasteiger partial charge on any atom is -0.488 e. The van der Waals surface area contributed by atoms with Gasteiger partial charge in [0.15, 0.2) is 5.84 Å². The number of aromatic nitrogens is 1. The summed E-state index contributed by atoms with van der Waals surface area (Å²) < 4.78 is 10.3. The van der Waals surface area contributed by atoms with Crippen LogP contribution in [-0.4, -0.2) is 41.0 Å². The van der Waals surface area contributed by atoms with Crippen LogP contribution in [0.3, 0.4) is 0 Å². The lowest BCUT2D eigenvalue weighted by atomic mass is 9.90. The summed E-state index contributed by atoms with van der Waals surface area (Å²) in [6, 6.07) is 1.58. The first kappa shape index (κ1) is 18.1. The molecule has 1 aromatic rings. The van der Waals surface area contributed by atoms with Gasteiger partial charge in [-0.3, -0.25) is 4.99 Å².